The van der Waals surface area contributed by atoms with Crippen LogP contribution in [0.5, 0.6) is 0 Å². The third-order valence-electron chi connectivity index (χ3n) is 3.70. The summed E-state index contributed by atoms with van der Waals surface area (Å²) in [5.41, 5.74) is 0.0918. The zero-order chi connectivity index (χ0) is 15.5. The average Bonchev–Trinajstić information content (AvgIpc) is 2.98. The molecular formula is C17H28O4. The second kappa shape index (κ2) is 10.4. The van der Waals surface area contributed by atoms with Crippen molar-refractivity contribution in [2.45, 2.75) is 65.2 Å². The Morgan fingerprint density at radius 2 is 1.43 bits per heavy atom. The third-order valence-corrected chi connectivity index (χ3v) is 3.70. The van der Waals surface area contributed by atoms with Crippen molar-refractivity contribution in [1.82, 2.24) is 0 Å². The number of allylic oxidation sites excluding steroid dienone is 1. The number of rotatable bonds is 9. The average molecular weight is 296 g/mol. The van der Waals surface area contributed by atoms with Crippen molar-refractivity contribution in [3.05, 3.63) is 11.6 Å². The first-order chi connectivity index (χ1) is 10.2. The molecule has 0 aromatic rings. The minimum atomic E-state index is -0.531. The highest BCUT2D eigenvalue weighted by Gasteiger charge is 2.24. The SMILES string of the molecule is CCCCOC(=O)C(=CC1CCCC1)C(=O)OCCCC. The van der Waals surface area contributed by atoms with E-state index < -0.39 is 11.9 Å². The van der Waals surface area contributed by atoms with Gasteiger partial charge in [0.15, 0.2) is 0 Å². The molecule has 0 radical (unpaired) electrons. The molecule has 0 amide bonds. The number of hydrogen-bond donors (Lipinski definition) is 0. The van der Waals surface area contributed by atoms with Gasteiger partial charge in [0.05, 0.1) is 13.2 Å². The number of esters is 2. The summed E-state index contributed by atoms with van der Waals surface area (Å²) in [6.45, 7) is 4.78. The van der Waals surface area contributed by atoms with Gasteiger partial charge in [-0.2, -0.15) is 0 Å². The normalized spacial score (nSPS) is 14.8. The first-order valence-electron chi connectivity index (χ1n) is 8.25. The van der Waals surface area contributed by atoms with Gasteiger partial charge in [-0.25, -0.2) is 9.59 Å². The summed E-state index contributed by atoms with van der Waals surface area (Å²) in [6, 6.07) is 0. The fourth-order valence-electron chi connectivity index (χ4n) is 2.35. The third kappa shape index (κ3) is 6.78. The van der Waals surface area contributed by atoms with Gasteiger partial charge in [-0.05, 0) is 31.6 Å². The molecule has 120 valence electrons. The molecule has 0 unspecified atom stereocenters. The van der Waals surface area contributed by atoms with Crippen LogP contribution in [0.15, 0.2) is 11.6 Å². The molecule has 0 atom stereocenters. The maximum atomic E-state index is 12.1. The molecular weight excluding hydrogens is 268 g/mol. The predicted molar refractivity (Wildman–Crippen MR) is 81.8 cm³/mol. The van der Waals surface area contributed by atoms with Crippen LogP contribution < -0.4 is 0 Å². The monoisotopic (exact) mass is 296 g/mol. The predicted octanol–water partition coefficient (Wildman–Crippen LogP) is 3.79. The van der Waals surface area contributed by atoms with Crippen molar-refractivity contribution >= 4 is 11.9 Å². The topological polar surface area (TPSA) is 52.6 Å². The van der Waals surface area contributed by atoms with E-state index in [1.807, 2.05) is 13.8 Å². The van der Waals surface area contributed by atoms with E-state index in [1.165, 1.54) is 0 Å². The van der Waals surface area contributed by atoms with E-state index in [9.17, 15) is 9.59 Å². The number of carbonyl (C=O) groups is 2. The fraction of sp³-hybridized carbons (Fsp3) is 0.765. The Morgan fingerprint density at radius 3 is 1.86 bits per heavy atom. The van der Waals surface area contributed by atoms with Gasteiger partial charge < -0.3 is 9.47 Å². The summed E-state index contributed by atoms with van der Waals surface area (Å²) < 4.78 is 10.3. The molecule has 0 heterocycles. The highest BCUT2D eigenvalue weighted by atomic mass is 16.6. The Hall–Kier alpha value is -1.32. The van der Waals surface area contributed by atoms with Crippen LogP contribution in [0.2, 0.25) is 0 Å². The first-order valence-corrected chi connectivity index (χ1v) is 8.25. The zero-order valence-electron chi connectivity index (χ0n) is 13.4. The van der Waals surface area contributed by atoms with Gasteiger partial charge in [-0.1, -0.05) is 45.6 Å². The smallest absolute Gasteiger partial charge is 0.345 e. The maximum absolute atomic E-state index is 12.1. The first kappa shape index (κ1) is 17.7. The molecule has 1 aliphatic carbocycles. The highest BCUT2D eigenvalue weighted by molar-refractivity contribution is 6.14. The number of unbranched alkanes of at least 4 members (excludes halogenated alkanes) is 2. The van der Waals surface area contributed by atoms with Gasteiger partial charge in [0.2, 0.25) is 0 Å². The van der Waals surface area contributed by atoms with Crippen LogP contribution in [0.4, 0.5) is 0 Å². The van der Waals surface area contributed by atoms with E-state index in [0.29, 0.717) is 19.1 Å². The van der Waals surface area contributed by atoms with Crippen molar-refractivity contribution in [3.8, 4) is 0 Å². The van der Waals surface area contributed by atoms with Crippen LogP contribution >= 0.6 is 0 Å². The molecule has 0 aromatic heterocycles. The summed E-state index contributed by atoms with van der Waals surface area (Å²) in [7, 11) is 0. The van der Waals surface area contributed by atoms with Crippen LogP contribution in [0, 0.1) is 5.92 Å². The molecule has 1 saturated carbocycles. The van der Waals surface area contributed by atoms with Gasteiger partial charge >= 0.3 is 11.9 Å². The van der Waals surface area contributed by atoms with E-state index in [2.05, 4.69) is 0 Å². The minimum absolute atomic E-state index is 0.0918. The lowest BCUT2D eigenvalue weighted by Crippen LogP contribution is -2.20. The molecule has 0 aliphatic heterocycles. The van der Waals surface area contributed by atoms with Crippen molar-refractivity contribution in [3.63, 3.8) is 0 Å². The number of carbonyl (C=O) groups excluding carboxylic acids is 2. The number of ether oxygens (including phenoxy) is 2. The molecule has 1 aliphatic rings. The van der Waals surface area contributed by atoms with Crippen LogP contribution in [0.25, 0.3) is 0 Å². The molecule has 1 fully saturated rings. The number of hydrogen-bond acceptors (Lipinski definition) is 4. The van der Waals surface area contributed by atoms with Gasteiger partial charge in [0.25, 0.3) is 0 Å². The molecule has 0 N–H and O–H groups in total. The molecule has 4 heteroatoms. The summed E-state index contributed by atoms with van der Waals surface area (Å²) >= 11 is 0. The minimum Gasteiger partial charge on any atom is -0.462 e. The van der Waals surface area contributed by atoms with E-state index in [-0.39, 0.29) is 5.57 Å². The van der Waals surface area contributed by atoms with Gasteiger partial charge in [0, 0.05) is 0 Å². The van der Waals surface area contributed by atoms with Crippen LogP contribution in [0.3, 0.4) is 0 Å². The molecule has 4 nitrogen and oxygen atoms in total. The Bertz CT molecular complexity index is 330. The Kier molecular flexibility index (Phi) is 8.79. The lowest BCUT2D eigenvalue weighted by Gasteiger charge is -2.10. The lowest BCUT2D eigenvalue weighted by atomic mass is 10.0. The fourth-order valence-corrected chi connectivity index (χ4v) is 2.35. The summed E-state index contributed by atoms with van der Waals surface area (Å²) in [6.07, 6.45) is 9.69. The molecule has 1 rings (SSSR count). The standard InChI is InChI=1S/C17H28O4/c1-3-5-11-20-16(18)15(13-14-9-7-8-10-14)17(19)21-12-6-4-2/h13-14H,3-12H2,1-2H3. The largest absolute Gasteiger partial charge is 0.462 e. The summed E-state index contributed by atoms with van der Waals surface area (Å²) in [4.78, 5) is 24.2. The van der Waals surface area contributed by atoms with Gasteiger partial charge in [0.1, 0.15) is 5.57 Å². The summed E-state index contributed by atoms with van der Waals surface area (Å²) in [5.74, 6) is -0.758. The van der Waals surface area contributed by atoms with E-state index in [4.69, 9.17) is 9.47 Å². The highest BCUT2D eigenvalue weighted by Crippen LogP contribution is 2.27. The second-order valence-corrected chi connectivity index (χ2v) is 5.60. The molecule has 0 bridgehead atoms. The van der Waals surface area contributed by atoms with Crippen LogP contribution in [-0.4, -0.2) is 25.2 Å². The zero-order valence-corrected chi connectivity index (χ0v) is 13.4. The quantitative estimate of drug-likeness (QED) is 0.213. The van der Waals surface area contributed by atoms with Gasteiger partial charge in [-0.3, -0.25) is 0 Å². The summed E-state index contributed by atoms with van der Waals surface area (Å²) in [5, 5.41) is 0. The molecule has 21 heavy (non-hydrogen) atoms. The van der Waals surface area contributed by atoms with Crippen molar-refractivity contribution < 1.29 is 19.1 Å². The lowest BCUT2D eigenvalue weighted by molar-refractivity contribution is -0.147. The molecule has 0 saturated heterocycles. The van der Waals surface area contributed by atoms with Crippen LogP contribution in [-0.2, 0) is 19.1 Å². The molecule has 0 spiro atoms. The van der Waals surface area contributed by atoms with E-state index >= 15 is 0 Å². The maximum Gasteiger partial charge on any atom is 0.345 e. The van der Waals surface area contributed by atoms with Crippen LogP contribution in [0.1, 0.15) is 65.2 Å². The molecule has 0 aromatic carbocycles. The van der Waals surface area contributed by atoms with Gasteiger partial charge in [-0.15, -0.1) is 0 Å². The Balaban J connectivity index is 2.63. The van der Waals surface area contributed by atoms with E-state index in [0.717, 1.165) is 51.4 Å². The Labute approximate surface area is 127 Å². The second-order valence-electron chi connectivity index (χ2n) is 5.60. The van der Waals surface area contributed by atoms with Crippen molar-refractivity contribution in [2.24, 2.45) is 5.92 Å². The Morgan fingerprint density at radius 1 is 0.952 bits per heavy atom. The van der Waals surface area contributed by atoms with E-state index in [1.54, 1.807) is 6.08 Å². The van der Waals surface area contributed by atoms with Crippen molar-refractivity contribution in [1.29, 1.82) is 0 Å². The van der Waals surface area contributed by atoms with Crippen molar-refractivity contribution in [2.75, 3.05) is 13.2 Å².